The monoisotopic (exact) mass is 445 g/mol. The Kier molecular flexibility index (Phi) is 7.83. The van der Waals surface area contributed by atoms with Gasteiger partial charge in [-0.25, -0.2) is 9.67 Å². The molecule has 2 aromatic rings. The van der Waals surface area contributed by atoms with Gasteiger partial charge in [-0.15, -0.1) is 0 Å². The van der Waals surface area contributed by atoms with Gasteiger partial charge in [0, 0.05) is 43.0 Å². The number of ether oxygens (including phenoxy) is 2. The van der Waals surface area contributed by atoms with Crippen LogP contribution in [0.3, 0.4) is 0 Å². The van der Waals surface area contributed by atoms with Crippen LogP contribution in [0.1, 0.15) is 38.2 Å². The number of halogens is 1. The summed E-state index contributed by atoms with van der Waals surface area (Å²) in [6.07, 6.45) is 8.83. The Bertz CT molecular complexity index is 840. The number of aromatic nitrogens is 2. The molecule has 7 nitrogen and oxygen atoms in total. The number of nitrogens with zero attached hydrogens (tertiary/aromatic N) is 4. The van der Waals surface area contributed by atoms with E-state index in [0.717, 1.165) is 80.8 Å². The van der Waals surface area contributed by atoms with E-state index in [0.29, 0.717) is 18.8 Å². The van der Waals surface area contributed by atoms with Crippen LogP contribution in [-0.4, -0.2) is 65.7 Å². The lowest BCUT2D eigenvalue weighted by Crippen LogP contribution is -2.47. The minimum atomic E-state index is 0.297. The fourth-order valence-electron chi connectivity index (χ4n) is 4.02. The maximum atomic E-state index is 6.11. The summed E-state index contributed by atoms with van der Waals surface area (Å²) >= 11 is 5.98. The number of likely N-dealkylation sites (tertiary alicyclic amines) is 1. The van der Waals surface area contributed by atoms with E-state index >= 15 is 0 Å². The van der Waals surface area contributed by atoms with E-state index in [2.05, 4.69) is 22.2 Å². The first kappa shape index (κ1) is 22.1. The lowest BCUT2D eigenvalue weighted by atomic mass is 10.1. The molecule has 1 atom stereocenters. The molecule has 0 radical (unpaired) electrons. The number of aliphatic imine (C=N–C) groups is 1. The molecule has 4 rings (SSSR count). The topological polar surface area (TPSA) is 63.9 Å². The molecule has 2 fully saturated rings. The van der Waals surface area contributed by atoms with Crippen molar-refractivity contribution >= 4 is 17.6 Å². The van der Waals surface area contributed by atoms with E-state index in [9.17, 15) is 0 Å². The van der Waals surface area contributed by atoms with Gasteiger partial charge in [0.25, 0.3) is 0 Å². The van der Waals surface area contributed by atoms with Crippen molar-refractivity contribution in [1.82, 2.24) is 20.0 Å². The molecule has 2 saturated heterocycles. The summed E-state index contributed by atoms with van der Waals surface area (Å²) in [6, 6.07) is 7.65. The summed E-state index contributed by atoms with van der Waals surface area (Å²) in [5.41, 5.74) is 2.05. The summed E-state index contributed by atoms with van der Waals surface area (Å²) in [6.45, 7) is 7.05. The highest BCUT2D eigenvalue weighted by Crippen LogP contribution is 2.18. The molecule has 168 valence electrons. The zero-order chi connectivity index (χ0) is 21.5. The van der Waals surface area contributed by atoms with E-state index < -0.39 is 0 Å². The highest BCUT2D eigenvalue weighted by Gasteiger charge is 2.24. The van der Waals surface area contributed by atoms with Gasteiger partial charge in [-0.1, -0.05) is 11.6 Å². The molecule has 2 aliphatic rings. The van der Waals surface area contributed by atoms with Gasteiger partial charge in [-0.2, -0.15) is 5.10 Å². The Morgan fingerprint density at radius 2 is 2.06 bits per heavy atom. The number of rotatable bonds is 7. The van der Waals surface area contributed by atoms with Gasteiger partial charge in [0.05, 0.1) is 37.2 Å². The first-order chi connectivity index (χ1) is 15.2. The molecule has 1 aromatic carbocycles. The average Bonchev–Trinajstić information content (AvgIpc) is 3.48. The molecule has 2 aliphatic heterocycles. The number of hydrogen-bond acceptors (Lipinski definition) is 4. The molecule has 0 aliphatic carbocycles. The van der Waals surface area contributed by atoms with Crippen LogP contribution in [-0.2, 0) is 16.0 Å². The standard InChI is InChI=1S/C23H32ClN5O2/c1-2-25-23(28-11-9-21(10-12-28)31-17-22-4-3-13-30-22)26-14-18-15-27-29(16-18)20-7-5-19(24)6-8-20/h5-8,15-16,21-22H,2-4,9-14,17H2,1H3,(H,25,26). The number of hydrogen-bond donors (Lipinski definition) is 1. The number of piperidine rings is 1. The van der Waals surface area contributed by atoms with Crippen LogP contribution in [0.15, 0.2) is 41.7 Å². The largest absolute Gasteiger partial charge is 0.376 e. The fraction of sp³-hybridized carbons (Fsp3) is 0.565. The van der Waals surface area contributed by atoms with Crippen molar-refractivity contribution in [3.8, 4) is 5.69 Å². The second-order valence-electron chi connectivity index (χ2n) is 8.09. The second kappa shape index (κ2) is 11.0. The van der Waals surface area contributed by atoms with Crippen molar-refractivity contribution in [2.45, 2.75) is 51.4 Å². The predicted octanol–water partition coefficient (Wildman–Crippen LogP) is 3.65. The van der Waals surface area contributed by atoms with E-state index in [1.54, 1.807) is 0 Å². The zero-order valence-corrected chi connectivity index (χ0v) is 18.9. The van der Waals surface area contributed by atoms with Gasteiger partial charge in [-0.3, -0.25) is 0 Å². The molecule has 0 amide bonds. The third-order valence-electron chi connectivity index (χ3n) is 5.76. The Labute approximate surface area is 189 Å². The van der Waals surface area contributed by atoms with E-state index in [4.69, 9.17) is 26.1 Å². The van der Waals surface area contributed by atoms with E-state index in [-0.39, 0.29) is 0 Å². The summed E-state index contributed by atoms with van der Waals surface area (Å²) in [5, 5.41) is 8.61. The van der Waals surface area contributed by atoms with Gasteiger partial charge < -0.3 is 19.7 Å². The SMILES string of the molecule is CCNC(=NCc1cnn(-c2ccc(Cl)cc2)c1)N1CCC(OCC2CCCO2)CC1. The third kappa shape index (κ3) is 6.21. The molecule has 1 unspecified atom stereocenters. The highest BCUT2D eigenvalue weighted by molar-refractivity contribution is 6.30. The van der Waals surface area contributed by atoms with Crippen LogP contribution < -0.4 is 5.32 Å². The summed E-state index contributed by atoms with van der Waals surface area (Å²) in [4.78, 5) is 7.19. The van der Waals surface area contributed by atoms with Crippen LogP contribution in [0.25, 0.3) is 5.69 Å². The van der Waals surface area contributed by atoms with Crippen LogP contribution in [0.5, 0.6) is 0 Å². The maximum absolute atomic E-state index is 6.11. The average molecular weight is 446 g/mol. The second-order valence-corrected chi connectivity index (χ2v) is 8.53. The van der Waals surface area contributed by atoms with E-state index in [1.807, 2.05) is 41.3 Å². The lowest BCUT2D eigenvalue weighted by molar-refractivity contribution is -0.0367. The van der Waals surface area contributed by atoms with Crippen LogP contribution in [0.4, 0.5) is 0 Å². The zero-order valence-electron chi connectivity index (χ0n) is 18.2. The third-order valence-corrected chi connectivity index (χ3v) is 6.01. The normalized spacial score (nSPS) is 20.4. The van der Waals surface area contributed by atoms with Crippen LogP contribution in [0, 0.1) is 0 Å². The minimum Gasteiger partial charge on any atom is -0.376 e. The summed E-state index contributed by atoms with van der Waals surface area (Å²) in [5.74, 6) is 0.958. The summed E-state index contributed by atoms with van der Waals surface area (Å²) < 4.78 is 13.6. The first-order valence-corrected chi connectivity index (χ1v) is 11.6. The molecule has 1 N–H and O–H groups in total. The molecule has 8 heteroatoms. The summed E-state index contributed by atoms with van der Waals surface area (Å²) in [7, 11) is 0. The maximum Gasteiger partial charge on any atom is 0.194 e. The number of benzene rings is 1. The fourth-order valence-corrected chi connectivity index (χ4v) is 4.15. The predicted molar refractivity (Wildman–Crippen MR) is 123 cm³/mol. The Morgan fingerprint density at radius 1 is 1.26 bits per heavy atom. The molecule has 0 saturated carbocycles. The van der Waals surface area contributed by atoms with Crippen molar-refractivity contribution in [3.63, 3.8) is 0 Å². The van der Waals surface area contributed by atoms with Gasteiger partial charge in [-0.05, 0) is 56.9 Å². The quantitative estimate of drug-likeness (QED) is 0.520. The Hall–Kier alpha value is -2.09. The number of guanidine groups is 1. The minimum absolute atomic E-state index is 0.297. The molecule has 3 heterocycles. The van der Waals surface area contributed by atoms with Crippen LogP contribution in [0.2, 0.25) is 5.02 Å². The van der Waals surface area contributed by atoms with Crippen molar-refractivity contribution < 1.29 is 9.47 Å². The molecular weight excluding hydrogens is 414 g/mol. The van der Waals surface area contributed by atoms with Gasteiger partial charge in [0.15, 0.2) is 5.96 Å². The molecular formula is C23H32ClN5O2. The van der Waals surface area contributed by atoms with Gasteiger partial charge in [0.2, 0.25) is 0 Å². The van der Waals surface area contributed by atoms with Gasteiger partial charge in [0.1, 0.15) is 0 Å². The van der Waals surface area contributed by atoms with Crippen molar-refractivity contribution in [3.05, 3.63) is 47.2 Å². The molecule has 0 bridgehead atoms. The van der Waals surface area contributed by atoms with Crippen molar-refractivity contribution in [2.24, 2.45) is 4.99 Å². The smallest absolute Gasteiger partial charge is 0.194 e. The molecule has 1 aromatic heterocycles. The van der Waals surface area contributed by atoms with Crippen molar-refractivity contribution in [2.75, 3.05) is 32.8 Å². The molecule has 0 spiro atoms. The Balaban J connectivity index is 1.30. The lowest BCUT2D eigenvalue weighted by Gasteiger charge is -2.34. The Morgan fingerprint density at radius 3 is 2.77 bits per heavy atom. The van der Waals surface area contributed by atoms with Crippen LogP contribution >= 0.6 is 11.6 Å². The van der Waals surface area contributed by atoms with Gasteiger partial charge >= 0.3 is 0 Å². The van der Waals surface area contributed by atoms with Crippen molar-refractivity contribution in [1.29, 1.82) is 0 Å². The van der Waals surface area contributed by atoms with E-state index in [1.165, 1.54) is 0 Å². The first-order valence-electron chi connectivity index (χ1n) is 11.3. The number of nitrogens with one attached hydrogen (secondary N) is 1. The molecule has 31 heavy (non-hydrogen) atoms. The highest BCUT2D eigenvalue weighted by atomic mass is 35.5.